The molecule has 0 aliphatic carbocycles. The van der Waals surface area contributed by atoms with Crippen LogP contribution in [0.3, 0.4) is 0 Å². The number of carbonyl (C=O) groups excluding carboxylic acids is 2. The van der Waals surface area contributed by atoms with Gasteiger partial charge in [-0.15, -0.1) is 0 Å². The number of aryl methyl sites for hydroxylation is 1. The van der Waals surface area contributed by atoms with Gasteiger partial charge in [0, 0.05) is 11.1 Å². The van der Waals surface area contributed by atoms with Crippen molar-refractivity contribution in [1.82, 2.24) is 10.9 Å². The molecule has 2 rings (SSSR count). The van der Waals surface area contributed by atoms with Crippen LogP contribution in [0.5, 0.6) is 0 Å². The van der Waals surface area contributed by atoms with E-state index in [1.165, 1.54) is 0 Å². The molecular formula is C16H14F2N2O4S. The van der Waals surface area contributed by atoms with Gasteiger partial charge in [-0.3, -0.25) is 20.4 Å². The molecule has 0 unspecified atom stereocenters. The van der Waals surface area contributed by atoms with Crippen LogP contribution in [0.2, 0.25) is 0 Å². The Morgan fingerprint density at radius 2 is 1.24 bits per heavy atom. The molecule has 2 N–H and O–H groups in total. The Balaban J connectivity index is 2.01. The zero-order valence-corrected chi connectivity index (χ0v) is 13.8. The van der Waals surface area contributed by atoms with E-state index in [9.17, 15) is 26.8 Å². The van der Waals surface area contributed by atoms with E-state index in [2.05, 4.69) is 10.9 Å². The molecule has 0 aliphatic rings. The zero-order chi connectivity index (χ0) is 18.6. The van der Waals surface area contributed by atoms with Gasteiger partial charge in [0.1, 0.15) is 0 Å². The minimum atomic E-state index is -4.72. The predicted molar refractivity (Wildman–Crippen MR) is 85.7 cm³/mol. The summed E-state index contributed by atoms with van der Waals surface area (Å²) in [6, 6.07) is 10.6. The lowest BCUT2D eigenvalue weighted by Gasteiger charge is -2.08. The lowest BCUT2D eigenvalue weighted by atomic mass is 10.1. The molecule has 9 heteroatoms. The summed E-state index contributed by atoms with van der Waals surface area (Å²) in [4.78, 5) is 23.2. The Kier molecular flexibility index (Phi) is 5.48. The van der Waals surface area contributed by atoms with Gasteiger partial charge in [0.2, 0.25) is 9.84 Å². The Bertz CT molecular complexity index is 879. The highest BCUT2D eigenvalue weighted by Crippen LogP contribution is 2.18. The minimum absolute atomic E-state index is 0.00239. The molecule has 0 atom stereocenters. The first-order valence-electron chi connectivity index (χ1n) is 7.01. The number of nitrogens with one attached hydrogen (secondary N) is 2. The molecule has 0 spiro atoms. The number of amides is 2. The van der Waals surface area contributed by atoms with Crippen molar-refractivity contribution in [1.29, 1.82) is 0 Å². The molecule has 2 amide bonds. The predicted octanol–water partition coefficient (Wildman–Crippen LogP) is 2.07. The quantitative estimate of drug-likeness (QED) is 0.808. The minimum Gasteiger partial charge on any atom is -0.267 e. The molecule has 0 bridgehead atoms. The summed E-state index contributed by atoms with van der Waals surface area (Å²) in [5.41, 5.74) is 5.67. The van der Waals surface area contributed by atoms with Crippen molar-refractivity contribution in [3.8, 4) is 0 Å². The summed E-state index contributed by atoms with van der Waals surface area (Å²) >= 11 is 0. The van der Waals surface area contributed by atoms with Crippen molar-refractivity contribution in [3.63, 3.8) is 0 Å². The van der Waals surface area contributed by atoms with Gasteiger partial charge in [-0.1, -0.05) is 17.7 Å². The summed E-state index contributed by atoms with van der Waals surface area (Å²) in [5.74, 6) is -4.80. The Hall–Kier alpha value is -2.81. The van der Waals surface area contributed by atoms with Crippen molar-refractivity contribution in [3.05, 3.63) is 65.2 Å². The molecule has 0 saturated heterocycles. The first kappa shape index (κ1) is 18.5. The molecule has 2 aromatic carbocycles. The number of hydrogen-bond acceptors (Lipinski definition) is 4. The molecule has 0 radical (unpaired) electrons. The molecule has 0 aliphatic heterocycles. The third kappa shape index (κ3) is 4.38. The number of hydrazine groups is 1. The van der Waals surface area contributed by atoms with Gasteiger partial charge in [-0.05, 0) is 43.3 Å². The van der Waals surface area contributed by atoms with Crippen LogP contribution >= 0.6 is 0 Å². The van der Waals surface area contributed by atoms with Crippen LogP contribution in [0.4, 0.5) is 8.78 Å². The van der Waals surface area contributed by atoms with Gasteiger partial charge >= 0.3 is 5.76 Å². The third-order valence-electron chi connectivity index (χ3n) is 3.28. The normalized spacial score (nSPS) is 11.2. The van der Waals surface area contributed by atoms with Crippen molar-refractivity contribution >= 4 is 21.7 Å². The fourth-order valence-corrected chi connectivity index (χ4v) is 2.58. The highest BCUT2D eigenvalue weighted by Gasteiger charge is 2.26. The second-order valence-electron chi connectivity index (χ2n) is 5.10. The van der Waals surface area contributed by atoms with Crippen LogP contribution in [0.25, 0.3) is 0 Å². The van der Waals surface area contributed by atoms with E-state index in [1.807, 2.05) is 6.92 Å². The highest BCUT2D eigenvalue weighted by atomic mass is 32.2. The van der Waals surface area contributed by atoms with Gasteiger partial charge in [-0.25, -0.2) is 8.42 Å². The average molecular weight is 368 g/mol. The summed E-state index contributed by atoms with van der Waals surface area (Å²) in [5, 5.41) is 0. The van der Waals surface area contributed by atoms with Crippen LogP contribution in [-0.4, -0.2) is 26.0 Å². The van der Waals surface area contributed by atoms with Crippen LogP contribution in [0.1, 0.15) is 26.3 Å². The smallest absolute Gasteiger partial charge is 0.267 e. The first-order chi connectivity index (χ1) is 11.7. The molecule has 0 fully saturated rings. The second-order valence-corrected chi connectivity index (χ2v) is 7.02. The summed E-state index contributed by atoms with van der Waals surface area (Å²) in [7, 11) is -4.72. The molecule has 0 saturated carbocycles. The molecule has 132 valence electrons. The van der Waals surface area contributed by atoms with E-state index in [4.69, 9.17) is 0 Å². The zero-order valence-electron chi connectivity index (χ0n) is 13.0. The maximum atomic E-state index is 12.4. The monoisotopic (exact) mass is 368 g/mol. The number of alkyl halides is 2. The number of halogens is 2. The average Bonchev–Trinajstić information content (AvgIpc) is 2.60. The fourth-order valence-electron chi connectivity index (χ4n) is 1.86. The summed E-state index contributed by atoms with van der Waals surface area (Å²) < 4.78 is 47.5. The second kappa shape index (κ2) is 7.39. The van der Waals surface area contributed by atoms with Crippen LogP contribution in [0, 0.1) is 6.92 Å². The SMILES string of the molecule is Cc1ccc(C(=O)NNC(=O)c2ccc(S(=O)(=O)C(F)F)cc2)cc1. The van der Waals surface area contributed by atoms with Crippen molar-refractivity contribution in [2.24, 2.45) is 0 Å². The van der Waals surface area contributed by atoms with Gasteiger partial charge < -0.3 is 0 Å². The number of sulfone groups is 1. The molecule has 0 heterocycles. The van der Waals surface area contributed by atoms with Gasteiger partial charge in [-0.2, -0.15) is 8.78 Å². The summed E-state index contributed by atoms with van der Waals surface area (Å²) in [6.45, 7) is 1.86. The number of rotatable bonds is 4. The number of carbonyl (C=O) groups is 2. The van der Waals surface area contributed by atoms with Gasteiger partial charge in [0.05, 0.1) is 4.90 Å². The number of hydrogen-bond donors (Lipinski definition) is 2. The molecule has 25 heavy (non-hydrogen) atoms. The highest BCUT2D eigenvalue weighted by molar-refractivity contribution is 7.91. The van der Waals surface area contributed by atoms with Crippen molar-refractivity contribution < 1.29 is 26.8 Å². The largest absolute Gasteiger partial charge is 0.341 e. The lowest BCUT2D eigenvalue weighted by molar-refractivity contribution is 0.0846. The van der Waals surface area contributed by atoms with Gasteiger partial charge in [0.15, 0.2) is 0 Å². The molecule has 6 nitrogen and oxygen atoms in total. The lowest BCUT2D eigenvalue weighted by Crippen LogP contribution is -2.41. The maximum Gasteiger partial charge on any atom is 0.341 e. The summed E-state index contributed by atoms with van der Waals surface area (Å²) in [6.07, 6.45) is 0. The topological polar surface area (TPSA) is 92.3 Å². The van der Waals surface area contributed by atoms with E-state index >= 15 is 0 Å². The standard InChI is InChI=1S/C16H14F2N2O4S/c1-10-2-4-11(5-3-10)14(21)19-20-15(22)12-6-8-13(9-7-12)25(23,24)16(17)18/h2-9,16H,1H3,(H,19,21)(H,20,22). The van der Waals surface area contributed by atoms with Crippen molar-refractivity contribution in [2.45, 2.75) is 17.6 Å². The molecule has 2 aromatic rings. The van der Waals surface area contributed by atoms with E-state index in [0.717, 1.165) is 29.8 Å². The fraction of sp³-hybridized carbons (Fsp3) is 0.125. The van der Waals surface area contributed by atoms with Crippen LogP contribution < -0.4 is 10.9 Å². The van der Waals surface area contributed by atoms with Gasteiger partial charge in [0.25, 0.3) is 11.8 Å². The van der Waals surface area contributed by atoms with Crippen molar-refractivity contribution in [2.75, 3.05) is 0 Å². The van der Waals surface area contributed by atoms with E-state index in [0.29, 0.717) is 5.56 Å². The van der Waals surface area contributed by atoms with Crippen LogP contribution in [0.15, 0.2) is 53.4 Å². The Labute approximate surface area is 142 Å². The van der Waals surface area contributed by atoms with Crippen LogP contribution in [-0.2, 0) is 9.84 Å². The van der Waals surface area contributed by atoms with E-state index < -0.39 is 32.3 Å². The third-order valence-corrected chi connectivity index (χ3v) is 4.68. The first-order valence-corrected chi connectivity index (χ1v) is 8.56. The Morgan fingerprint density at radius 1 is 0.840 bits per heavy atom. The number of benzene rings is 2. The van der Waals surface area contributed by atoms with E-state index in [1.54, 1.807) is 24.3 Å². The Morgan fingerprint density at radius 3 is 1.64 bits per heavy atom. The molecular weight excluding hydrogens is 354 g/mol. The van der Waals surface area contributed by atoms with E-state index in [-0.39, 0.29) is 5.56 Å². The molecule has 0 aromatic heterocycles. The maximum absolute atomic E-state index is 12.4.